The van der Waals surface area contributed by atoms with Crippen LogP contribution in [0.15, 0.2) is 40.3 Å². The van der Waals surface area contributed by atoms with E-state index in [0.29, 0.717) is 23.6 Å². The van der Waals surface area contributed by atoms with Gasteiger partial charge >= 0.3 is 0 Å². The first-order valence-corrected chi connectivity index (χ1v) is 12.6. The molecule has 1 saturated heterocycles. The van der Waals surface area contributed by atoms with Crippen LogP contribution in [0.25, 0.3) is 11.0 Å². The lowest BCUT2D eigenvalue weighted by Crippen LogP contribution is -2.48. The van der Waals surface area contributed by atoms with Gasteiger partial charge in [-0.25, -0.2) is 4.39 Å². The smallest absolute Gasteiger partial charge is 0.251 e. The fourth-order valence-electron chi connectivity index (χ4n) is 5.31. The summed E-state index contributed by atoms with van der Waals surface area (Å²) in [6, 6.07) is 5.36. The molecule has 0 aliphatic carbocycles. The summed E-state index contributed by atoms with van der Waals surface area (Å²) < 4.78 is 22.0. The van der Waals surface area contributed by atoms with E-state index in [1.54, 1.807) is 17.8 Å². The van der Waals surface area contributed by atoms with E-state index in [1.807, 2.05) is 12.3 Å². The van der Waals surface area contributed by atoms with Gasteiger partial charge in [0.25, 0.3) is 5.56 Å². The first-order valence-electron chi connectivity index (χ1n) is 11.6. The summed E-state index contributed by atoms with van der Waals surface area (Å²) in [5.74, 6) is 1.31. The summed E-state index contributed by atoms with van der Waals surface area (Å²) in [7, 11) is 0. The van der Waals surface area contributed by atoms with E-state index in [0.717, 1.165) is 60.8 Å². The molecule has 10 heteroatoms. The molecule has 3 aliphatic heterocycles. The van der Waals surface area contributed by atoms with Crippen molar-refractivity contribution in [2.75, 3.05) is 32.0 Å². The van der Waals surface area contributed by atoms with Crippen molar-refractivity contribution in [1.29, 1.82) is 0 Å². The zero-order valence-corrected chi connectivity index (χ0v) is 19.5. The zero-order chi connectivity index (χ0) is 23.3. The number of nitrogens with zero attached hydrogens (tertiary/aromatic N) is 4. The summed E-state index contributed by atoms with van der Waals surface area (Å²) in [4.78, 5) is 24.3. The second-order valence-corrected chi connectivity index (χ2v) is 10.4. The highest BCUT2D eigenvalue weighted by Crippen LogP contribution is 2.38. The van der Waals surface area contributed by atoms with Crippen LogP contribution in [0, 0.1) is 5.82 Å². The number of thioether (sulfide) groups is 1. The average molecular weight is 484 g/mol. The number of likely N-dealkylation sites (tertiary alicyclic amines) is 1. The number of β-amino-alcohol motifs (C(OH)–C–C–N with tert-alkyl or cyclic N) is 1. The Morgan fingerprint density at radius 1 is 1.26 bits per heavy atom. The topological polar surface area (TPSA) is 92.5 Å². The average Bonchev–Trinajstić information content (AvgIpc) is 3.17. The van der Waals surface area contributed by atoms with Crippen molar-refractivity contribution in [3.63, 3.8) is 0 Å². The molecule has 8 nitrogen and oxygen atoms in total. The van der Waals surface area contributed by atoms with Crippen LogP contribution < -0.4 is 15.6 Å². The number of aliphatic hydroxyl groups is 1. The Labute approximate surface area is 200 Å². The minimum Gasteiger partial charge on any atom is -0.491 e. The van der Waals surface area contributed by atoms with Gasteiger partial charge in [-0.2, -0.15) is 0 Å². The third-order valence-electron chi connectivity index (χ3n) is 6.97. The van der Waals surface area contributed by atoms with Crippen LogP contribution in [0.1, 0.15) is 24.1 Å². The third kappa shape index (κ3) is 3.88. The predicted molar refractivity (Wildman–Crippen MR) is 127 cm³/mol. The molecule has 178 valence electrons. The molecule has 0 unspecified atom stereocenters. The molecular formula is C24H26FN5O3S. The number of halogens is 1. The Bertz CT molecular complexity index is 1310. The van der Waals surface area contributed by atoms with E-state index < -0.39 is 11.4 Å². The molecule has 3 aromatic heterocycles. The van der Waals surface area contributed by atoms with Gasteiger partial charge in [-0.05, 0) is 32.0 Å². The molecule has 0 spiro atoms. The lowest BCUT2D eigenvalue weighted by atomic mass is 9.93. The quantitative estimate of drug-likeness (QED) is 0.568. The highest BCUT2D eigenvalue weighted by Gasteiger charge is 2.43. The van der Waals surface area contributed by atoms with Crippen LogP contribution >= 0.6 is 11.8 Å². The number of aromatic nitrogens is 3. The van der Waals surface area contributed by atoms with E-state index in [9.17, 15) is 14.3 Å². The number of fused-ring (bicyclic) bond motifs is 1. The molecule has 1 fully saturated rings. The SMILES string of the molecule is O=c1ccc2ncc(F)c3c2n1C[C@@]3(O)CN1CCC(NCc2cc3c(cn2)SCCO3)CC1. The van der Waals surface area contributed by atoms with Crippen LogP contribution in [0.4, 0.5) is 4.39 Å². The van der Waals surface area contributed by atoms with E-state index >= 15 is 0 Å². The number of nitrogens with one attached hydrogen (secondary N) is 1. The number of pyridine rings is 3. The van der Waals surface area contributed by atoms with Crippen LogP contribution in [0.3, 0.4) is 0 Å². The molecule has 34 heavy (non-hydrogen) atoms. The molecule has 0 aromatic carbocycles. The zero-order valence-electron chi connectivity index (χ0n) is 18.7. The summed E-state index contributed by atoms with van der Waals surface area (Å²) in [5.41, 5.74) is 0.379. The number of rotatable bonds is 5. The Kier molecular flexibility index (Phi) is 5.56. The van der Waals surface area contributed by atoms with Gasteiger partial charge in [-0.15, -0.1) is 11.8 Å². The first-order chi connectivity index (χ1) is 16.5. The molecule has 0 bridgehead atoms. The lowest BCUT2D eigenvalue weighted by molar-refractivity contribution is -0.0159. The van der Waals surface area contributed by atoms with Crippen molar-refractivity contribution < 1.29 is 14.2 Å². The van der Waals surface area contributed by atoms with Crippen LogP contribution in [0.2, 0.25) is 0 Å². The monoisotopic (exact) mass is 483 g/mol. The van der Waals surface area contributed by atoms with Gasteiger partial charge in [0.2, 0.25) is 0 Å². The van der Waals surface area contributed by atoms with Crippen molar-refractivity contribution >= 4 is 22.8 Å². The van der Waals surface area contributed by atoms with Crippen molar-refractivity contribution in [1.82, 2.24) is 24.8 Å². The van der Waals surface area contributed by atoms with Gasteiger partial charge in [0.15, 0.2) is 0 Å². The maximum absolute atomic E-state index is 14.8. The summed E-state index contributed by atoms with van der Waals surface area (Å²) in [5, 5.41) is 15.1. The van der Waals surface area contributed by atoms with Gasteiger partial charge in [0.1, 0.15) is 17.2 Å². The number of hydrogen-bond donors (Lipinski definition) is 2. The Morgan fingerprint density at radius 2 is 2.12 bits per heavy atom. The number of hydrogen-bond acceptors (Lipinski definition) is 8. The molecule has 3 aromatic rings. The normalized spacial score (nSPS) is 22.6. The second kappa shape index (κ2) is 8.60. The Hall–Kier alpha value is -2.53. The highest BCUT2D eigenvalue weighted by atomic mass is 32.2. The minimum atomic E-state index is -1.45. The summed E-state index contributed by atoms with van der Waals surface area (Å²) >= 11 is 1.77. The number of ether oxygens (including phenoxy) is 1. The van der Waals surface area contributed by atoms with E-state index in [1.165, 1.54) is 10.6 Å². The fourth-order valence-corrected chi connectivity index (χ4v) is 6.08. The summed E-state index contributed by atoms with van der Waals surface area (Å²) in [6.45, 7) is 3.28. The van der Waals surface area contributed by atoms with Crippen molar-refractivity contribution in [2.24, 2.45) is 0 Å². The first kappa shape index (κ1) is 22.0. The van der Waals surface area contributed by atoms with Gasteiger partial charge in [0, 0.05) is 43.2 Å². The largest absolute Gasteiger partial charge is 0.491 e. The predicted octanol–water partition coefficient (Wildman–Crippen LogP) is 1.87. The molecule has 3 aliphatic rings. The maximum atomic E-state index is 14.8. The van der Waals surface area contributed by atoms with Crippen molar-refractivity contribution in [3.05, 3.63) is 58.0 Å². The van der Waals surface area contributed by atoms with Gasteiger partial charge in [-0.1, -0.05) is 0 Å². The highest BCUT2D eigenvalue weighted by molar-refractivity contribution is 7.99. The van der Waals surface area contributed by atoms with Crippen LogP contribution in [-0.4, -0.2) is 62.6 Å². The van der Waals surface area contributed by atoms with Gasteiger partial charge < -0.3 is 19.7 Å². The van der Waals surface area contributed by atoms with Crippen molar-refractivity contribution in [3.8, 4) is 5.75 Å². The molecule has 1 atom stereocenters. The number of piperidine rings is 1. The second-order valence-electron chi connectivity index (χ2n) is 9.25. The molecule has 0 saturated carbocycles. The standard InChI is InChI=1S/C24H26FN5O3S/c25-17-11-28-18-1-2-21(31)30-14-24(32,22(17)23(18)30)13-29-5-3-15(4-6-29)26-10-16-9-19-20(12-27-16)34-8-7-33-19/h1-2,9,11-12,15,26,32H,3-8,10,13-14H2/t24-/m0/s1. The Balaban J connectivity index is 1.09. The van der Waals surface area contributed by atoms with E-state index in [2.05, 4.69) is 20.2 Å². The van der Waals surface area contributed by atoms with Crippen LogP contribution in [0.5, 0.6) is 5.75 Å². The molecule has 0 radical (unpaired) electrons. The molecule has 2 N–H and O–H groups in total. The van der Waals surface area contributed by atoms with Crippen LogP contribution in [-0.2, 0) is 18.7 Å². The molecule has 0 amide bonds. The Morgan fingerprint density at radius 3 is 2.97 bits per heavy atom. The third-order valence-corrected chi connectivity index (χ3v) is 7.96. The molecular weight excluding hydrogens is 457 g/mol. The van der Waals surface area contributed by atoms with E-state index in [-0.39, 0.29) is 24.2 Å². The maximum Gasteiger partial charge on any atom is 0.251 e. The van der Waals surface area contributed by atoms with Gasteiger partial charge in [0.05, 0.1) is 46.5 Å². The minimum absolute atomic E-state index is 0.0453. The van der Waals surface area contributed by atoms with Crippen molar-refractivity contribution in [2.45, 2.75) is 42.5 Å². The lowest BCUT2D eigenvalue weighted by Gasteiger charge is -2.37. The van der Waals surface area contributed by atoms with Gasteiger partial charge in [-0.3, -0.25) is 19.7 Å². The summed E-state index contributed by atoms with van der Waals surface area (Å²) in [6.07, 6.45) is 4.85. The molecule has 6 rings (SSSR count). The fraction of sp³-hybridized carbons (Fsp3) is 0.458. The van der Waals surface area contributed by atoms with E-state index in [4.69, 9.17) is 4.74 Å². The molecule has 6 heterocycles.